The summed E-state index contributed by atoms with van der Waals surface area (Å²) < 4.78 is 68.4. The fraction of sp³-hybridized carbons (Fsp3) is 0.747. The van der Waals surface area contributed by atoms with E-state index in [1.165, 1.54) is 103 Å². The van der Waals surface area contributed by atoms with Crippen molar-refractivity contribution < 1.29 is 80.2 Å². The minimum Gasteiger partial charge on any atom is -0.462 e. The van der Waals surface area contributed by atoms with Crippen molar-refractivity contribution in [1.29, 1.82) is 0 Å². The standard InChI is InChI=1S/C79H138O17P2/c1-5-9-13-17-21-25-29-33-34-35-36-37-38-42-44-48-52-56-60-64-77(82)90-70-75(96-79(84)66-62-58-54-50-46-41-32-28-24-20-16-12-8-4)72-94-98(87,88)92-68-73(80)67-91-97(85,86)93-71-74(95-78(83)65-61-57-53-49-45-40-31-27-23-19-15-11-7-3)69-89-76(81)63-59-55-51-47-43-39-30-26-22-18-14-10-6-2/h9,13-14,18,21,25-26,30,33-34,36-37,42,44,52,56,73-75,80H,5-8,10-12,15-17,19-20,22-24,27-29,31-32,35,38-41,43,45-51,53-55,57-72H2,1-4H3,(H,85,86)(H,87,88)/b13-9-,18-14-,25-21-,30-26-,34-33-,37-36-,44-42-,56-52-. The van der Waals surface area contributed by atoms with Crippen LogP contribution in [-0.2, 0) is 65.4 Å². The Bertz CT molecular complexity index is 2240. The number of aliphatic hydroxyl groups excluding tert-OH is 1. The maximum absolute atomic E-state index is 13.1. The average Bonchev–Trinajstić information content (AvgIpc) is 0.966. The third kappa shape index (κ3) is 70.4. The highest BCUT2D eigenvalue weighted by Gasteiger charge is 2.30. The number of carbonyl (C=O) groups excluding carboxylic acids is 4. The van der Waals surface area contributed by atoms with Gasteiger partial charge in [-0.15, -0.1) is 0 Å². The zero-order chi connectivity index (χ0) is 71.8. The first-order valence-corrected chi connectivity index (χ1v) is 41.5. The summed E-state index contributed by atoms with van der Waals surface area (Å²) in [7, 11) is -9.96. The van der Waals surface area contributed by atoms with Gasteiger partial charge in [-0.25, -0.2) is 9.13 Å². The average molecular weight is 1420 g/mol. The van der Waals surface area contributed by atoms with Gasteiger partial charge in [0, 0.05) is 25.7 Å². The van der Waals surface area contributed by atoms with Gasteiger partial charge in [-0.1, -0.05) is 305 Å². The summed E-state index contributed by atoms with van der Waals surface area (Å²) in [6.07, 6.45) is 74.1. The molecule has 0 bridgehead atoms. The van der Waals surface area contributed by atoms with E-state index < -0.39 is 97.5 Å². The highest BCUT2D eigenvalue weighted by Crippen LogP contribution is 2.45. The first-order chi connectivity index (χ1) is 47.7. The number of phosphoric ester groups is 2. The van der Waals surface area contributed by atoms with E-state index in [2.05, 4.69) is 107 Å². The summed E-state index contributed by atoms with van der Waals surface area (Å²) >= 11 is 0. The van der Waals surface area contributed by atoms with Gasteiger partial charge in [-0.3, -0.25) is 37.3 Å². The van der Waals surface area contributed by atoms with Crippen molar-refractivity contribution >= 4 is 39.5 Å². The molecule has 5 atom stereocenters. The van der Waals surface area contributed by atoms with Crippen LogP contribution in [0.5, 0.6) is 0 Å². The van der Waals surface area contributed by atoms with Crippen LogP contribution in [0.3, 0.4) is 0 Å². The second-order valence-corrected chi connectivity index (χ2v) is 28.5. The summed E-state index contributed by atoms with van der Waals surface area (Å²) in [4.78, 5) is 72.8. The summed E-state index contributed by atoms with van der Waals surface area (Å²) in [5.41, 5.74) is 0. The van der Waals surface area contributed by atoms with Gasteiger partial charge < -0.3 is 33.8 Å². The molecular formula is C79H138O17P2. The number of unbranched alkanes of at least 4 members (excludes halogenated alkanes) is 30. The van der Waals surface area contributed by atoms with Crippen LogP contribution in [-0.4, -0.2) is 96.7 Å². The van der Waals surface area contributed by atoms with Gasteiger partial charge in [0.25, 0.3) is 0 Å². The molecule has 3 N–H and O–H groups in total. The number of allylic oxidation sites excluding steroid dienone is 16. The molecule has 566 valence electrons. The molecule has 0 fully saturated rings. The van der Waals surface area contributed by atoms with Crippen LogP contribution in [0.2, 0.25) is 0 Å². The minimum atomic E-state index is -4.99. The smallest absolute Gasteiger partial charge is 0.462 e. The van der Waals surface area contributed by atoms with Crippen LogP contribution in [0.4, 0.5) is 0 Å². The van der Waals surface area contributed by atoms with E-state index in [-0.39, 0.29) is 25.7 Å². The normalized spacial score (nSPS) is 14.5. The Morgan fingerprint density at radius 2 is 0.571 bits per heavy atom. The largest absolute Gasteiger partial charge is 0.472 e. The molecular weight excluding hydrogens is 1280 g/mol. The maximum atomic E-state index is 13.1. The number of hydrogen-bond acceptors (Lipinski definition) is 15. The molecule has 0 radical (unpaired) electrons. The van der Waals surface area contributed by atoms with Crippen molar-refractivity contribution in [2.24, 2.45) is 0 Å². The van der Waals surface area contributed by atoms with E-state index >= 15 is 0 Å². The monoisotopic (exact) mass is 1420 g/mol. The van der Waals surface area contributed by atoms with Gasteiger partial charge in [0.1, 0.15) is 19.3 Å². The molecule has 98 heavy (non-hydrogen) atoms. The van der Waals surface area contributed by atoms with Crippen molar-refractivity contribution in [3.8, 4) is 0 Å². The van der Waals surface area contributed by atoms with Gasteiger partial charge in [-0.2, -0.15) is 0 Å². The number of ether oxygens (including phenoxy) is 4. The Morgan fingerprint density at radius 1 is 0.296 bits per heavy atom. The fourth-order valence-corrected chi connectivity index (χ4v) is 11.8. The zero-order valence-electron chi connectivity index (χ0n) is 61.7. The Morgan fingerprint density at radius 3 is 0.918 bits per heavy atom. The molecule has 0 heterocycles. The molecule has 0 aliphatic rings. The number of carbonyl (C=O) groups is 4. The van der Waals surface area contributed by atoms with Crippen LogP contribution in [0.15, 0.2) is 97.2 Å². The van der Waals surface area contributed by atoms with Gasteiger partial charge in [0.05, 0.1) is 26.4 Å². The lowest BCUT2D eigenvalue weighted by molar-refractivity contribution is -0.161. The van der Waals surface area contributed by atoms with Crippen LogP contribution < -0.4 is 0 Å². The Balaban J connectivity index is 5.38. The zero-order valence-corrected chi connectivity index (χ0v) is 63.5. The van der Waals surface area contributed by atoms with E-state index in [1.54, 1.807) is 0 Å². The topological polar surface area (TPSA) is 237 Å². The third-order valence-corrected chi connectivity index (χ3v) is 18.0. The molecule has 17 nitrogen and oxygen atoms in total. The van der Waals surface area contributed by atoms with Crippen molar-refractivity contribution in [1.82, 2.24) is 0 Å². The summed E-state index contributed by atoms with van der Waals surface area (Å²) in [6.45, 7) is 4.62. The van der Waals surface area contributed by atoms with Crippen molar-refractivity contribution in [3.05, 3.63) is 97.2 Å². The molecule has 19 heteroatoms. The number of aliphatic hydroxyl groups is 1. The molecule has 0 rings (SSSR count). The van der Waals surface area contributed by atoms with Gasteiger partial charge >= 0.3 is 39.5 Å². The molecule has 0 saturated carbocycles. The van der Waals surface area contributed by atoms with Crippen LogP contribution in [0, 0.1) is 0 Å². The van der Waals surface area contributed by atoms with E-state index in [0.717, 1.165) is 135 Å². The molecule has 0 aliphatic carbocycles. The lowest BCUT2D eigenvalue weighted by Gasteiger charge is -2.21. The summed E-state index contributed by atoms with van der Waals surface area (Å²) in [6, 6.07) is 0. The molecule has 0 aromatic heterocycles. The van der Waals surface area contributed by atoms with Crippen molar-refractivity contribution in [3.63, 3.8) is 0 Å². The molecule has 0 saturated heterocycles. The van der Waals surface area contributed by atoms with Crippen LogP contribution >= 0.6 is 15.6 Å². The molecule has 5 unspecified atom stereocenters. The Kier molecular flexibility index (Phi) is 68.4. The maximum Gasteiger partial charge on any atom is 0.472 e. The SMILES string of the molecule is CC/C=C\C/C=C\C/C=C\C/C=C\C/C=C\C/C=C\CCC(=O)OCC(COP(=O)(O)OCC(O)COP(=O)(O)OCC(COC(=O)CCCCCCC/C=C\C/C=C\CCC)OC(=O)CCCCCCCCCCCCCCC)OC(=O)CCCCCCCCCCCCCCC. The fourth-order valence-electron chi connectivity index (χ4n) is 10.2. The number of phosphoric acid groups is 2. The Hall–Kier alpha value is -4.02. The lowest BCUT2D eigenvalue weighted by Crippen LogP contribution is -2.30. The van der Waals surface area contributed by atoms with Crippen LogP contribution in [0.1, 0.15) is 323 Å². The second-order valence-electron chi connectivity index (χ2n) is 25.6. The first kappa shape index (κ1) is 94.0. The van der Waals surface area contributed by atoms with Crippen molar-refractivity contribution in [2.45, 2.75) is 341 Å². The predicted octanol–water partition coefficient (Wildman–Crippen LogP) is 22.0. The highest BCUT2D eigenvalue weighted by molar-refractivity contribution is 7.47. The quantitative estimate of drug-likeness (QED) is 0.0169. The van der Waals surface area contributed by atoms with Gasteiger partial charge in [0.15, 0.2) is 12.2 Å². The first-order valence-electron chi connectivity index (χ1n) is 38.5. The molecule has 0 aliphatic heterocycles. The van der Waals surface area contributed by atoms with Gasteiger partial charge in [0.2, 0.25) is 0 Å². The number of rotatable bonds is 72. The van der Waals surface area contributed by atoms with E-state index in [9.17, 15) is 43.2 Å². The molecule has 0 spiro atoms. The summed E-state index contributed by atoms with van der Waals surface area (Å²) in [5.74, 6) is -2.27. The molecule has 0 aromatic carbocycles. The molecule has 0 aromatic rings. The highest BCUT2D eigenvalue weighted by atomic mass is 31.2. The van der Waals surface area contributed by atoms with E-state index in [1.807, 2.05) is 18.2 Å². The molecule has 0 amide bonds. The van der Waals surface area contributed by atoms with Gasteiger partial charge in [-0.05, 0) is 89.9 Å². The predicted molar refractivity (Wildman–Crippen MR) is 399 cm³/mol. The van der Waals surface area contributed by atoms with E-state index in [4.69, 9.17) is 37.0 Å². The number of esters is 4. The minimum absolute atomic E-state index is 0.0381. The third-order valence-electron chi connectivity index (χ3n) is 16.1. The lowest BCUT2D eigenvalue weighted by atomic mass is 10.0. The van der Waals surface area contributed by atoms with Crippen LogP contribution in [0.25, 0.3) is 0 Å². The number of hydrogen-bond donors (Lipinski definition) is 3. The Labute approximate surface area is 595 Å². The second kappa shape index (κ2) is 71.4. The van der Waals surface area contributed by atoms with E-state index in [0.29, 0.717) is 32.1 Å². The van der Waals surface area contributed by atoms with Crippen molar-refractivity contribution in [2.75, 3.05) is 39.6 Å². The summed E-state index contributed by atoms with van der Waals surface area (Å²) in [5, 5.41) is 10.6.